The number of carbonyl (C=O) groups is 3. The molecule has 15 nitrogen and oxygen atoms in total. The number of fused-ring (bicyclic) bond motifs is 3. The summed E-state index contributed by atoms with van der Waals surface area (Å²) < 4.78 is 39.9. The predicted molar refractivity (Wildman–Crippen MR) is 221 cm³/mol. The number of nitrogens with zero attached hydrogens (tertiary/aromatic N) is 7. The minimum atomic E-state index is -4.34. The Morgan fingerprint density at radius 2 is 1.56 bits per heavy atom. The normalized spacial score (nSPS) is 17.1. The highest BCUT2D eigenvalue weighted by Crippen LogP contribution is 2.49. The van der Waals surface area contributed by atoms with Gasteiger partial charge in [-0.25, -0.2) is 22.2 Å². The molecule has 0 saturated heterocycles. The Labute approximate surface area is 339 Å². The lowest BCUT2D eigenvalue weighted by Crippen LogP contribution is -2.49. The van der Waals surface area contributed by atoms with Crippen LogP contribution in [-0.2, 0) is 21.8 Å². The number of carbonyl (C=O) groups excluding carboxylic acids is 3. The SMILES string of the molecule is COC(=O)NC1CC(Nc2c([C@@H](C)N3C(=O)c4ccccc4C3=O)cnc3c2c(-c2ccc4c(cnn4C(C)C)c2)c(-c2cnn(C)c2)n3S(=O)(=O)c2ccccc2)C1. The highest BCUT2D eigenvalue weighted by Gasteiger charge is 2.42. The third-order valence-electron chi connectivity index (χ3n) is 11.3. The van der Waals surface area contributed by atoms with E-state index in [1.54, 1.807) is 98.0 Å². The highest BCUT2D eigenvalue weighted by atomic mass is 32.2. The van der Waals surface area contributed by atoms with Gasteiger partial charge in [0.15, 0.2) is 5.65 Å². The lowest BCUT2D eigenvalue weighted by atomic mass is 9.86. The van der Waals surface area contributed by atoms with E-state index in [9.17, 15) is 14.4 Å². The molecule has 1 aliphatic heterocycles. The lowest BCUT2D eigenvalue weighted by molar-refractivity contribution is 0.0595. The van der Waals surface area contributed by atoms with Crippen LogP contribution in [0, 0.1) is 0 Å². The predicted octanol–water partition coefficient (Wildman–Crippen LogP) is 6.93. The molecule has 16 heteroatoms. The molecule has 9 rings (SSSR count). The standard InChI is InChI=1S/C43H41N9O6S/c1-24(2)51-35-16-15-26(17-27(35)20-46-51)36-37-38(47-29-18-30(19-29)48-43(55)58-5)34(25(3)50-41(53)32-13-9-10-14-33(32)42(50)54)22-44-40(37)52(39(36)28-21-45-49(4)23-28)59(56,57)31-11-7-6-8-12-31/h6-17,20-25,29-30H,18-19H2,1-5H3,(H,44,47)(H,48,55)/t25-,29?,30?/m1/s1. The van der Waals surface area contributed by atoms with Gasteiger partial charge in [-0.3, -0.25) is 23.9 Å². The zero-order chi connectivity index (χ0) is 41.3. The van der Waals surface area contributed by atoms with E-state index in [0.29, 0.717) is 63.0 Å². The van der Waals surface area contributed by atoms with Crippen LogP contribution in [0.2, 0.25) is 0 Å². The molecule has 300 valence electrons. The molecule has 59 heavy (non-hydrogen) atoms. The van der Waals surface area contributed by atoms with Gasteiger partial charge in [0, 0.05) is 59.6 Å². The summed E-state index contributed by atoms with van der Waals surface area (Å²) in [7, 11) is -1.27. The molecule has 1 aliphatic carbocycles. The van der Waals surface area contributed by atoms with Gasteiger partial charge in [0.05, 0.1) is 63.9 Å². The number of alkyl carbamates (subject to hydrolysis) is 1. The van der Waals surface area contributed by atoms with Crippen LogP contribution < -0.4 is 10.6 Å². The van der Waals surface area contributed by atoms with E-state index in [0.717, 1.165) is 10.9 Å². The molecular weight excluding hydrogens is 771 g/mol. The molecule has 7 aromatic rings. The van der Waals surface area contributed by atoms with Gasteiger partial charge in [0.1, 0.15) is 0 Å². The molecule has 3 amide bonds. The number of ether oxygens (including phenoxy) is 1. The molecular formula is C43H41N9O6S. The summed E-state index contributed by atoms with van der Waals surface area (Å²) in [6.07, 6.45) is 7.22. The molecule has 0 bridgehead atoms. The number of hydrogen-bond acceptors (Lipinski definition) is 10. The van der Waals surface area contributed by atoms with Crippen LogP contribution in [0.5, 0.6) is 0 Å². The molecule has 2 N–H and O–H groups in total. The monoisotopic (exact) mass is 811 g/mol. The van der Waals surface area contributed by atoms with Crippen molar-refractivity contribution in [3.63, 3.8) is 0 Å². The van der Waals surface area contributed by atoms with Crippen molar-refractivity contribution < 1.29 is 27.5 Å². The summed E-state index contributed by atoms with van der Waals surface area (Å²) in [5, 5.41) is 17.0. The summed E-state index contributed by atoms with van der Waals surface area (Å²) in [6.45, 7) is 5.87. The van der Waals surface area contributed by atoms with Crippen LogP contribution in [0.4, 0.5) is 10.5 Å². The Bertz CT molecular complexity index is 2910. The second kappa shape index (κ2) is 14.2. The highest BCUT2D eigenvalue weighted by molar-refractivity contribution is 7.90. The molecule has 2 aliphatic rings. The molecule has 3 aromatic carbocycles. The van der Waals surface area contributed by atoms with Crippen molar-refractivity contribution in [2.45, 2.75) is 62.7 Å². The van der Waals surface area contributed by atoms with E-state index < -0.39 is 34.0 Å². The molecule has 0 spiro atoms. The first-order valence-electron chi connectivity index (χ1n) is 19.3. The van der Waals surface area contributed by atoms with E-state index in [1.165, 1.54) is 16.0 Å². The van der Waals surface area contributed by atoms with E-state index in [-0.39, 0.29) is 28.7 Å². The summed E-state index contributed by atoms with van der Waals surface area (Å²) in [5.41, 5.74) is 4.71. The fraction of sp³-hybridized carbons (Fsp3) is 0.256. The van der Waals surface area contributed by atoms with Gasteiger partial charge < -0.3 is 15.4 Å². The van der Waals surface area contributed by atoms with Crippen molar-refractivity contribution in [1.29, 1.82) is 0 Å². The van der Waals surface area contributed by atoms with Gasteiger partial charge >= 0.3 is 6.09 Å². The van der Waals surface area contributed by atoms with Crippen molar-refractivity contribution in [3.05, 3.63) is 114 Å². The minimum Gasteiger partial charge on any atom is -0.453 e. The second-order valence-corrected chi connectivity index (χ2v) is 17.1. The van der Waals surface area contributed by atoms with Gasteiger partial charge in [0.25, 0.3) is 21.8 Å². The average Bonchev–Trinajstić information content (AvgIpc) is 3.99. The van der Waals surface area contributed by atoms with E-state index in [2.05, 4.69) is 34.7 Å². The Kier molecular flexibility index (Phi) is 9.11. The summed E-state index contributed by atoms with van der Waals surface area (Å²) in [4.78, 5) is 46.3. The van der Waals surface area contributed by atoms with Gasteiger partial charge in [-0.2, -0.15) is 10.2 Å². The molecule has 1 saturated carbocycles. The van der Waals surface area contributed by atoms with E-state index in [4.69, 9.17) is 9.72 Å². The second-order valence-electron chi connectivity index (χ2n) is 15.3. The number of imide groups is 1. The van der Waals surface area contributed by atoms with Crippen molar-refractivity contribution in [2.75, 3.05) is 12.4 Å². The molecule has 5 heterocycles. The molecule has 1 atom stereocenters. The molecule has 4 aromatic heterocycles. The Hall–Kier alpha value is -6.81. The topological polar surface area (TPSA) is 175 Å². The number of amides is 3. The van der Waals surface area contributed by atoms with Crippen LogP contribution in [0.25, 0.3) is 44.3 Å². The maximum atomic E-state index is 15.1. The first-order valence-corrected chi connectivity index (χ1v) is 20.7. The summed E-state index contributed by atoms with van der Waals surface area (Å²) in [6, 6.07) is 19.6. The number of aromatic nitrogens is 6. The molecule has 1 fully saturated rings. The van der Waals surface area contributed by atoms with Gasteiger partial charge in [0.2, 0.25) is 0 Å². The number of methoxy groups -OCH3 is 1. The Morgan fingerprint density at radius 1 is 0.864 bits per heavy atom. The molecule has 0 unspecified atom stereocenters. The van der Waals surface area contributed by atoms with Crippen LogP contribution in [0.15, 0.2) is 102 Å². The summed E-state index contributed by atoms with van der Waals surface area (Å²) in [5.74, 6) is -0.883. The van der Waals surface area contributed by atoms with Crippen LogP contribution in [-0.4, -0.2) is 78.9 Å². The average molecular weight is 812 g/mol. The van der Waals surface area contributed by atoms with Crippen molar-refractivity contribution in [3.8, 4) is 22.4 Å². The van der Waals surface area contributed by atoms with Crippen molar-refractivity contribution in [2.24, 2.45) is 7.05 Å². The number of benzene rings is 3. The van der Waals surface area contributed by atoms with Gasteiger partial charge in [-0.15, -0.1) is 0 Å². The van der Waals surface area contributed by atoms with Gasteiger partial charge in [-0.05, 0) is 75.6 Å². The van der Waals surface area contributed by atoms with Gasteiger partial charge in [-0.1, -0.05) is 36.4 Å². The van der Waals surface area contributed by atoms with Crippen LogP contribution in [0.3, 0.4) is 0 Å². The third-order valence-corrected chi connectivity index (χ3v) is 13.0. The molecule has 0 radical (unpaired) electrons. The Morgan fingerprint density at radius 3 is 2.20 bits per heavy atom. The van der Waals surface area contributed by atoms with E-state index in [1.807, 2.05) is 22.9 Å². The van der Waals surface area contributed by atoms with Crippen molar-refractivity contribution in [1.82, 2.24) is 38.7 Å². The lowest BCUT2D eigenvalue weighted by Gasteiger charge is -2.37. The fourth-order valence-electron chi connectivity index (χ4n) is 8.33. The first-order chi connectivity index (χ1) is 28.4. The first kappa shape index (κ1) is 37.7. The maximum absolute atomic E-state index is 15.1. The zero-order valence-electron chi connectivity index (χ0n) is 32.9. The van der Waals surface area contributed by atoms with Crippen LogP contribution in [0.1, 0.15) is 72.0 Å². The van der Waals surface area contributed by atoms with Crippen LogP contribution >= 0.6 is 0 Å². The van der Waals surface area contributed by atoms with Crippen molar-refractivity contribution >= 4 is 55.6 Å². The number of hydrogen-bond donors (Lipinski definition) is 2. The van der Waals surface area contributed by atoms with E-state index >= 15 is 8.42 Å². The zero-order valence-corrected chi connectivity index (χ0v) is 33.8. The number of aryl methyl sites for hydroxylation is 1. The quantitative estimate of drug-likeness (QED) is 0.138. The smallest absolute Gasteiger partial charge is 0.407 e. The fourth-order valence-corrected chi connectivity index (χ4v) is 9.84. The summed E-state index contributed by atoms with van der Waals surface area (Å²) >= 11 is 0. The number of anilines is 1. The minimum absolute atomic E-state index is 0.0535. The largest absolute Gasteiger partial charge is 0.453 e. The maximum Gasteiger partial charge on any atom is 0.407 e. The number of rotatable bonds is 10. The number of pyridine rings is 1. The number of nitrogens with one attached hydrogen (secondary N) is 2. The third kappa shape index (κ3) is 6.13. The Balaban J connectivity index is 1.35.